The van der Waals surface area contributed by atoms with Gasteiger partial charge in [0, 0.05) is 10.6 Å². The second kappa shape index (κ2) is 7.97. The summed E-state index contributed by atoms with van der Waals surface area (Å²) in [7, 11) is 1.59. The van der Waals surface area contributed by atoms with Crippen molar-refractivity contribution in [2.45, 2.75) is 19.1 Å². The fraction of sp³-hybridized carbons (Fsp3) is 0.200. The van der Waals surface area contributed by atoms with Gasteiger partial charge in [0.25, 0.3) is 5.91 Å². The van der Waals surface area contributed by atoms with E-state index in [-0.39, 0.29) is 5.91 Å². The van der Waals surface area contributed by atoms with Gasteiger partial charge in [-0.1, -0.05) is 54.1 Å². The van der Waals surface area contributed by atoms with Crippen LogP contribution in [0.3, 0.4) is 0 Å². The van der Waals surface area contributed by atoms with Crippen LogP contribution in [0.25, 0.3) is 0 Å². The van der Waals surface area contributed by atoms with Crippen LogP contribution in [0.1, 0.15) is 17.2 Å². The molecular formula is C25H21ClN2O4. The summed E-state index contributed by atoms with van der Waals surface area (Å²) in [6.07, 6.45) is -0.948. The first-order valence-corrected chi connectivity index (χ1v) is 10.7. The number of carbonyl (C=O) groups excluding carboxylic acids is 2. The minimum atomic E-state index is -0.948. The summed E-state index contributed by atoms with van der Waals surface area (Å²) in [5.41, 5.74) is 2.68. The number of ether oxygens (including phenoxy) is 1. The molecule has 3 aromatic rings. The maximum Gasteiger partial charge on any atom is 0.266 e. The van der Waals surface area contributed by atoms with Gasteiger partial charge >= 0.3 is 0 Å². The van der Waals surface area contributed by atoms with Gasteiger partial charge in [-0.05, 0) is 42.8 Å². The summed E-state index contributed by atoms with van der Waals surface area (Å²) in [6, 6.07) is 21.6. The molecule has 2 aliphatic rings. The SMILES string of the molecule is COc1ccccc1[C@@H]1[C@H]2C(=O)N(c3cccc(Cl)c3C)C(=O)[C@@H]2ON1c1ccccc1. The molecule has 32 heavy (non-hydrogen) atoms. The summed E-state index contributed by atoms with van der Waals surface area (Å²) in [6.45, 7) is 1.79. The monoisotopic (exact) mass is 448 g/mol. The zero-order valence-electron chi connectivity index (χ0n) is 17.6. The second-order valence-electron chi connectivity index (χ2n) is 7.80. The van der Waals surface area contributed by atoms with Gasteiger partial charge in [0.1, 0.15) is 11.7 Å². The molecule has 2 saturated heterocycles. The van der Waals surface area contributed by atoms with Crippen molar-refractivity contribution in [2.24, 2.45) is 5.92 Å². The number of halogens is 1. The molecule has 7 heteroatoms. The van der Waals surface area contributed by atoms with E-state index in [2.05, 4.69) is 0 Å². The first-order chi connectivity index (χ1) is 15.5. The van der Waals surface area contributed by atoms with Gasteiger partial charge in [-0.15, -0.1) is 0 Å². The van der Waals surface area contributed by atoms with Crippen molar-refractivity contribution in [2.75, 3.05) is 17.1 Å². The first kappa shape index (κ1) is 20.5. The largest absolute Gasteiger partial charge is 0.496 e. The van der Waals surface area contributed by atoms with Crippen molar-refractivity contribution in [1.82, 2.24) is 0 Å². The third-order valence-corrected chi connectivity index (χ3v) is 6.47. The van der Waals surface area contributed by atoms with Crippen LogP contribution in [-0.4, -0.2) is 25.0 Å². The van der Waals surface area contributed by atoms with Crippen LogP contribution >= 0.6 is 11.6 Å². The van der Waals surface area contributed by atoms with Crippen LogP contribution in [-0.2, 0) is 14.4 Å². The molecule has 2 aliphatic heterocycles. The molecule has 2 fully saturated rings. The van der Waals surface area contributed by atoms with Crippen LogP contribution in [0.2, 0.25) is 5.02 Å². The number of benzene rings is 3. The Bertz CT molecular complexity index is 1200. The van der Waals surface area contributed by atoms with Crippen LogP contribution in [0, 0.1) is 12.8 Å². The Morgan fingerprint density at radius 1 is 0.906 bits per heavy atom. The molecule has 0 bridgehead atoms. The highest BCUT2D eigenvalue weighted by molar-refractivity contribution is 6.32. The highest BCUT2D eigenvalue weighted by atomic mass is 35.5. The molecule has 0 saturated carbocycles. The molecule has 0 radical (unpaired) electrons. The number of para-hydroxylation sites is 2. The number of nitrogens with zero attached hydrogens (tertiary/aromatic N) is 2. The zero-order valence-corrected chi connectivity index (χ0v) is 18.3. The number of hydrogen-bond donors (Lipinski definition) is 0. The Morgan fingerprint density at radius 3 is 2.38 bits per heavy atom. The first-order valence-electron chi connectivity index (χ1n) is 10.3. The Balaban J connectivity index is 1.63. The van der Waals surface area contributed by atoms with Crippen molar-refractivity contribution in [3.05, 3.63) is 88.9 Å². The van der Waals surface area contributed by atoms with E-state index in [1.165, 1.54) is 4.90 Å². The van der Waals surface area contributed by atoms with E-state index in [1.807, 2.05) is 54.6 Å². The predicted octanol–water partition coefficient (Wildman–Crippen LogP) is 4.71. The van der Waals surface area contributed by atoms with E-state index in [1.54, 1.807) is 37.3 Å². The summed E-state index contributed by atoms with van der Waals surface area (Å²) in [4.78, 5) is 34.6. The van der Waals surface area contributed by atoms with Gasteiger partial charge in [0.15, 0.2) is 6.10 Å². The quantitative estimate of drug-likeness (QED) is 0.541. The van der Waals surface area contributed by atoms with Crippen molar-refractivity contribution in [3.8, 4) is 5.75 Å². The molecule has 0 aliphatic carbocycles. The lowest BCUT2D eigenvalue weighted by molar-refractivity contribution is -0.126. The van der Waals surface area contributed by atoms with Gasteiger partial charge in [-0.2, -0.15) is 0 Å². The third-order valence-electron chi connectivity index (χ3n) is 6.06. The summed E-state index contributed by atoms with van der Waals surface area (Å²) in [5, 5.41) is 2.15. The van der Waals surface area contributed by atoms with E-state index in [4.69, 9.17) is 21.2 Å². The molecule has 3 aromatic carbocycles. The molecule has 0 spiro atoms. The van der Waals surface area contributed by atoms with Gasteiger partial charge in [-0.3, -0.25) is 14.4 Å². The van der Waals surface area contributed by atoms with E-state index in [9.17, 15) is 9.59 Å². The number of methoxy groups -OCH3 is 1. The number of carbonyl (C=O) groups is 2. The van der Waals surface area contributed by atoms with Crippen molar-refractivity contribution in [3.63, 3.8) is 0 Å². The molecule has 162 valence electrons. The van der Waals surface area contributed by atoms with Crippen molar-refractivity contribution in [1.29, 1.82) is 0 Å². The lowest BCUT2D eigenvalue weighted by Crippen LogP contribution is -2.37. The van der Waals surface area contributed by atoms with Gasteiger partial charge < -0.3 is 4.74 Å². The van der Waals surface area contributed by atoms with Crippen LogP contribution in [0.15, 0.2) is 72.8 Å². The molecule has 2 amide bonds. The van der Waals surface area contributed by atoms with Crippen LogP contribution in [0.5, 0.6) is 5.75 Å². The van der Waals surface area contributed by atoms with Gasteiger partial charge in [0.05, 0.1) is 24.5 Å². The number of rotatable bonds is 4. The molecule has 0 N–H and O–H groups in total. The van der Waals surface area contributed by atoms with Crippen LogP contribution in [0.4, 0.5) is 11.4 Å². The molecular weight excluding hydrogens is 428 g/mol. The Kier molecular flexibility index (Phi) is 5.12. The smallest absolute Gasteiger partial charge is 0.266 e. The number of imide groups is 1. The normalized spacial score (nSPS) is 22.4. The standard InChI is InChI=1S/C25H21ClN2O4/c1-15-18(26)12-8-13-19(15)27-24(29)21-22(17-11-6-7-14-20(17)31-2)28(32-23(21)25(27)30)16-9-4-3-5-10-16/h3-14,21-23H,1-2H3/t21-,22-,23-/m1/s1. The molecule has 5 rings (SSSR count). The minimum absolute atomic E-state index is 0.320. The Hall–Kier alpha value is -3.35. The maximum atomic E-state index is 13.7. The minimum Gasteiger partial charge on any atom is -0.496 e. The Morgan fingerprint density at radius 2 is 1.62 bits per heavy atom. The lowest BCUT2D eigenvalue weighted by atomic mass is 9.90. The number of anilines is 2. The molecule has 3 atom stereocenters. The topological polar surface area (TPSA) is 59.1 Å². The van der Waals surface area contributed by atoms with E-state index in [0.29, 0.717) is 22.0 Å². The van der Waals surface area contributed by atoms with E-state index >= 15 is 0 Å². The molecule has 0 aromatic heterocycles. The fourth-order valence-electron chi connectivity index (χ4n) is 4.52. The van der Waals surface area contributed by atoms with Gasteiger partial charge in [0.2, 0.25) is 5.91 Å². The summed E-state index contributed by atoms with van der Waals surface area (Å²) < 4.78 is 5.59. The average Bonchev–Trinajstić information content (AvgIpc) is 3.32. The number of hydrogen-bond acceptors (Lipinski definition) is 5. The van der Waals surface area contributed by atoms with Gasteiger partial charge in [-0.25, -0.2) is 9.96 Å². The lowest BCUT2D eigenvalue weighted by Gasteiger charge is -2.29. The number of amides is 2. The van der Waals surface area contributed by atoms with Crippen molar-refractivity contribution < 1.29 is 19.2 Å². The van der Waals surface area contributed by atoms with Crippen LogP contribution < -0.4 is 14.7 Å². The average molecular weight is 449 g/mol. The maximum absolute atomic E-state index is 13.7. The van der Waals surface area contributed by atoms with E-state index < -0.39 is 24.0 Å². The Labute approximate surface area is 190 Å². The second-order valence-corrected chi connectivity index (χ2v) is 8.20. The zero-order chi connectivity index (χ0) is 22.4. The summed E-state index contributed by atoms with van der Waals surface area (Å²) in [5.74, 6) is -0.832. The van der Waals surface area contributed by atoms with Crippen molar-refractivity contribution >= 4 is 34.8 Å². The highest BCUT2D eigenvalue weighted by Gasteiger charge is 2.60. The fourth-order valence-corrected chi connectivity index (χ4v) is 4.69. The number of hydroxylamine groups is 1. The highest BCUT2D eigenvalue weighted by Crippen LogP contribution is 2.49. The van der Waals surface area contributed by atoms with E-state index in [0.717, 1.165) is 11.3 Å². The number of fused-ring (bicyclic) bond motifs is 1. The molecule has 6 nitrogen and oxygen atoms in total. The predicted molar refractivity (Wildman–Crippen MR) is 122 cm³/mol. The summed E-state index contributed by atoms with van der Waals surface area (Å²) >= 11 is 6.27. The molecule has 0 unspecified atom stereocenters. The molecule has 2 heterocycles. The third kappa shape index (κ3) is 3.06.